The number of nitrogens with one attached hydrogen (secondary N) is 2. The molecule has 2 aromatic carbocycles. The van der Waals surface area contributed by atoms with E-state index in [2.05, 4.69) is 20.3 Å². The van der Waals surface area contributed by atoms with Gasteiger partial charge in [-0.25, -0.2) is 0 Å². The summed E-state index contributed by atoms with van der Waals surface area (Å²) >= 11 is 0. The van der Waals surface area contributed by atoms with Crippen LogP contribution in [-0.4, -0.2) is 54.4 Å². The molecule has 1 aliphatic rings. The van der Waals surface area contributed by atoms with E-state index in [0.29, 0.717) is 12.2 Å². The molecule has 0 spiro atoms. The van der Waals surface area contributed by atoms with Crippen LogP contribution in [0.2, 0.25) is 0 Å². The van der Waals surface area contributed by atoms with Crippen molar-refractivity contribution in [3.8, 4) is 11.5 Å². The first-order valence-corrected chi connectivity index (χ1v) is 9.70. The largest absolute Gasteiger partial charge is 0.508 e. The highest BCUT2D eigenvalue weighted by Crippen LogP contribution is 2.26. The number of hydrogen-bond acceptors (Lipinski definition) is 7. The third-order valence-corrected chi connectivity index (χ3v) is 4.23. The molecule has 1 aliphatic heterocycles. The average molecular weight is 415 g/mol. The fraction of sp³-hybridized carbons (Fsp3) is 0.364. The van der Waals surface area contributed by atoms with E-state index < -0.39 is 0 Å². The van der Waals surface area contributed by atoms with Crippen LogP contribution in [0.25, 0.3) is 0 Å². The van der Waals surface area contributed by atoms with Crippen LogP contribution in [0.15, 0.2) is 42.5 Å². The molecule has 162 valence electrons. The Bertz CT molecular complexity index is 841. The molecule has 0 atom stereocenters. The first-order valence-electron chi connectivity index (χ1n) is 9.70. The van der Waals surface area contributed by atoms with Crippen molar-refractivity contribution >= 4 is 23.8 Å². The van der Waals surface area contributed by atoms with E-state index >= 15 is 0 Å². The summed E-state index contributed by atoms with van der Waals surface area (Å²) in [4.78, 5) is 24.0. The number of rotatable bonds is 4. The molecule has 0 saturated carbocycles. The molecule has 0 bridgehead atoms. The number of amides is 1. The number of benzene rings is 2. The summed E-state index contributed by atoms with van der Waals surface area (Å²) in [5, 5.41) is 25.4. The lowest BCUT2D eigenvalue weighted by Gasteiger charge is -2.29. The van der Waals surface area contributed by atoms with Gasteiger partial charge in [0.2, 0.25) is 0 Å². The number of anilines is 2. The van der Waals surface area contributed by atoms with Crippen molar-refractivity contribution in [2.45, 2.75) is 26.4 Å². The second-order valence-electron chi connectivity index (χ2n) is 7.77. The smallest absolute Gasteiger partial charge is 0.293 e. The first kappa shape index (κ1) is 23.0. The highest BCUT2D eigenvalue weighted by Gasteiger charge is 2.16. The highest BCUT2D eigenvalue weighted by atomic mass is 16.5. The molecule has 1 saturated heterocycles. The molecule has 0 aliphatic carbocycles. The molecular formula is C22H29N3O5. The highest BCUT2D eigenvalue weighted by molar-refractivity contribution is 6.06. The topological polar surface area (TPSA) is 111 Å². The number of piperazine rings is 1. The van der Waals surface area contributed by atoms with Crippen LogP contribution in [0, 0.1) is 0 Å². The predicted molar refractivity (Wildman–Crippen MR) is 116 cm³/mol. The van der Waals surface area contributed by atoms with Crippen molar-refractivity contribution in [3.63, 3.8) is 0 Å². The number of nitrogens with zero attached hydrogens (tertiary/aromatic N) is 1. The normalized spacial score (nSPS) is 13.6. The maximum atomic E-state index is 12.3. The number of carbonyl (C=O) groups is 2. The van der Waals surface area contributed by atoms with Gasteiger partial charge in [-0.15, -0.1) is 0 Å². The van der Waals surface area contributed by atoms with Gasteiger partial charge >= 0.3 is 0 Å². The first-order chi connectivity index (χ1) is 14.2. The predicted octanol–water partition coefficient (Wildman–Crippen LogP) is 2.72. The summed E-state index contributed by atoms with van der Waals surface area (Å²) in [5.41, 5.74) is 1.36. The summed E-state index contributed by atoms with van der Waals surface area (Å²) in [7, 11) is 0. The molecule has 8 nitrogen and oxygen atoms in total. The number of hydrogen-bond donors (Lipinski definition) is 4. The second-order valence-corrected chi connectivity index (χ2v) is 7.77. The summed E-state index contributed by atoms with van der Waals surface area (Å²) in [6, 6.07) is 11.3. The molecule has 1 heterocycles. The van der Waals surface area contributed by atoms with Gasteiger partial charge in [-0.05, 0) is 57.2 Å². The molecule has 0 radical (unpaired) electrons. The van der Waals surface area contributed by atoms with Crippen molar-refractivity contribution in [3.05, 3.63) is 48.0 Å². The fourth-order valence-corrected chi connectivity index (χ4v) is 2.72. The summed E-state index contributed by atoms with van der Waals surface area (Å²) < 4.78 is 4.55. The number of carbonyl (C=O) groups excluding carboxylic acids is 2. The van der Waals surface area contributed by atoms with Crippen molar-refractivity contribution in [2.75, 3.05) is 36.4 Å². The minimum atomic E-state index is -0.389. The van der Waals surface area contributed by atoms with Crippen molar-refractivity contribution in [1.82, 2.24) is 5.32 Å². The van der Waals surface area contributed by atoms with E-state index in [4.69, 9.17) is 0 Å². The lowest BCUT2D eigenvalue weighted by molar-refractivity contribution is -0.138. The SMILES string of the molecule is CC(C)(C)OC=O.O=C(Nc1ccc(O)cc1)c1ccc(N2CCNCC2)cc1O. The third-order valence-electron chi connectivity index (χ3n) is 4.23. The molecule has 0 aromatic heterocycles. The number of ether oxygens (including phenoxy) is 1. The monoisotopic (exact) mass is 415 g/mol. The van der Waals surface area contributed by atoms with Gasteiger partial charge in [0.15, 0.2) is 0 Å². The standard InChI is InChI=1S/C17H19N3O3.C5H10O2/c21-14-4-1-12(2-5-14)19-17(23)15-6-3-13(11-16(15)22)20-9-7-18-8-10-20;1-5(2,3)7-4-6/h1-6,11,18,21-22H,7-10H2,(H,19,23);4H,1-3H3. The Kier molecular flexibility index (Phi) is 8.06. The van der Waals surface area contributed by atoms with Crippen LogP contribution >= 0.6 is 0 Å². The Morgan fingerprint density at radius 1 is 1.10 bits per heavy atom. The summed E-state index contributed by atoms with van der Waals surface area (Å²) in [6.07, 6.45) is 0. The van der Waals surface area contributed by atoms with E-state index in [1.165, 1.54) is 12.1 Å². The molecular weight excluding hydrogens is 386 g/mol. The van der Waals surface area contributed by atoms with E-state index in [1.807, 2.05) is 26.8 Å². The van der Waals surface area contributed by atoms with Crippen LogP contribution < -0.4 is 15.5 Å². The molecule has 0 unspecified atom stereocenters. The Balaban J connectivity index is 0.000000396. The molecule has 3 rings (SSSR count). The van der Waals surface area contributed by atoms with Crippen molar-refractivity contribution in [1.29, 1.82) is 0 Å². The number of phenolic OH excluding ortho intramolecular Hbond substituents is 2. The minimum Gasteiger partial charge on any atom is -0.508 e. The van der Waals surface area contributed by atoms with Gasteiger partial charge in [-0.3, -0.25) is 9.59 Å². The maximum absolute atomic E-state index is 12.3. The van der Waals surface area contributed by atoms with Crippen molar-refractivity contribution in [2.24, 2.45) is 0 Å². The lowest BCUT2D eigenvalue weighted by Crippen LogP contribution is -2.43. The maximum Gasteiger partial charge on any atom is 0.293 e. The fourth-order valence-electron chi connectivity index (χ4n) is 2.72. The Morgan fingerprint density at radius 3 is 2.23 bits per heavy atom. The molecule has 2 aromatic rings. The van der Waals surface area contributed by atoms with Crippen LogP contribution in [0.5, 0.6) is 11.5 Å². The molecule has 1 fully saturated rings. The van der Waals surface area contributed by atoms with Crippen LogP contribution in [0.1, 0.15) is 31.1 Å². The molecule has 8 heteroatoms. The lowest BCUT2D eigenvalue weighted by atomic mass is 10.1. The van der Waals surface area contributed by atoms with Gasteiger partial charge in [-0.2, -0.15) is 0 Å². The van der Waals surface area contributed by atoms with Gasteiger partial charge in [-0.1, -0.05) is 0 Å². The summed E-state index contributed by atoms with van der Waals surface area (Å²) in [5.74, 6) is -0.302. The zero-order chi connectivity index (χ0) is 22.1. The van der Waals surface area contributed by atoms with Crippen LogP contribution in [0.3, 0.4) is 0 Å². The van der Waals surface area contributed by atoms with Gasteiger partial charge < -0.3 is 30.5 Å². The number of phenols is 2. The van der Waals surface area contributed by atoms with Crippen LogP contribution in [-0.2, 0) is 9.53 Å². The Hall–Kier alpha value is -3.26. The molecule has 1 amide bonds. The zero-order valence-electron chi connectivity index (χ0n) is 17.5. The second kappa shape index (κ2) is 10.5. The van der Waals surface area contributed by atoms with E-state index in [1.54, 1.807) is 24.3 Å². The molecule has 30 heavy (non-hydrogen) atoms. The van der Waals surface area contributed by atoms with Gasteiger partial charge in [0.05, 0.1) is 5.56 Å². The Labute approximate surface area is 176 Å². The third kappa shape index (κ3) is 7.29. The van der Waals surface area contributed by atoms with Crippen LogP contribution in [0.4, 0.5) is 11.4 Å². The molecule has 4 N–H and O–H groups in total. The van der Waals surface area contributed by atoms with Gasteiger partial charge in [0, 0.05) is 43.6 Å². The zero-order valence-corrected chi connectivity index (χ0v) is 17.5. The number of aromatic hydroxyl groups is 2. The van der Waals surface area contributed by atoms with E-state index in [0.717, 1.165) is 31.9 Å². The Morgan fingerprint density at radius 2 is 1.73 bits per heavy atom. The van der Waals surface area contributed by atoms with E-state index in [9.17, 15) is 19.8 Å². The minimum absolute atomic E-state index is 0.0442. The van der Waals surface area contributed by atoms with Gasteiger partial charge in [0.25, 0.3) is 12.4 Å². The average Bonchev–Trinajstić information content (AvgIpc) is 2.70. The van der Waals surface area contributed by atoms with Gasteiger partial charge in [0.1, 0.15) is 17.1 Å². The van der Waals surface area contributed by atoms with E-state index in [-0.39, 0.29) is 28.6 Å². The summed E-state index contributed by atoms with van der Waals surface area (Å²) in [6.45, 7) is 9.48. The quantitative estimate of drug-likeness (QED) is 0.449. The van der Waals surface area contributed by atoms with Crippen molar-refractivity contribution < 1.29 is 24.5 Å².